The highest BCUT2D eigenvalue weighted by Crippen LogP contribution is 2.25. The van der Waals surface area contributed by atoms with E-state index < -0.39 is 0 Å². The van der Waals surface area contributed by atoms with E-state index in [0.717, 1.165) is 0 Å². The number of rotatable bonds is 0. The second-order valence-corrected chi connectivity index (χ2v) is 2.09. The normalized spacial score (nSPS) is 49.2. The largest absolute Gasteiger partial charge is 0.358 e. The third-order valence-electron chi connectivity index (χ3n) is 0.637. The molecule has 0 N–H and O–H groups in total. The SMILES string of the molecule is CC1O[C@H]1Br. The van der Waals surface area contributed by atoms with E-state index in [1.165, 1.54) is 0 Å². The topological polar surface area (TPSA) is 12.5 Å². The smallest absolute Gasteiger partial charge is 0.138 e. The van der Waals surface area contributed by atoms with Crippen LogP contribution in [0.2, 0.25) is 0 Å². The van der Waals surface area contributed by atoms with Crippen molar-refractivity contribution in [2.24, 2.45) is 0 Å². The maximum absolute atomic E-state index is 4.83. The van der Waals surface area contributed by atoms with Gasteiger partial charge in [0, 0.05) is 0 Å². The molecule has 1 heterocycles. The van der Waals surface area contributed by atoms with Gasteiger partial charge in [0.15, 0.2) is 0 Å². The van der Waals surface area contributed by atoms with Gasteiger partial charge in [-0.15, -0.1) is 0 Å². The molecule has 1 aliphatic heterocycles. The Morgan fingerprint density at radius 3 is 2.00 bits per heavy atom. The molecule has 0 bridgehead atoms. The number of ether oxygens (including phenoxy) is 1. The minimum absolute atomic E-state index is 0.363. The molecule has 0 aromatic heterocycles. The molecule has 5 heavy (non-hydrogen) atoms. The highest BCUT2D eigenvalue weighted by atomic mass is 79.9. The van der Waals surface area contributed by atoms with E-state index >= 15 is 0 Å². The zero-order chi connectivity index (χ0) is 3.86. The summed E-state index contributed by atoms with van der Waals surface area (Å²) in [6.45, 7) is 2.03. The summed E-state index contributed by atoms with van der Waals surface area (Å²) >= 11 is 3.23. The van der Waals surface area contributed by atoms with Crippen LogP contribution in [0.1, 0.15) is 6.92 Å². The van der Waals surface area contributed by atoms with Gasteiger partial charge in [-0.1, -0.05) is 15.9 Å². The first-order valence-electron chi connectivity index (χ1n) is 1.60. The third-order valence-corrected chi connectivity index (χ3v) is 1.60. The summed E-state index contributed by atoms with van der Waals surface area (Å²) in [6.07, 6.45) is 0.468. The van der Waals surface area contributed by atoms with Gasteiger partial charge in [0.25, 0.3) is 0 Å². The summed E-state index contributed by atoms with van der Waals surface area (Å²) in [5.41, 5.74) is 0. The molecule has 0 saturated carbocycles. The van der Waals surface area contributed by atoms with Gasteiger partial charge in [-0.05, 0) is 6.92 Å². The lowest BCUT2D eigenvalue weighted by Gasteiger charge is -1.55. The number of halogens is 1. The van der Waals surface area contributed by atoms with Crippen LogP contribution in [0.4, 0.5) is 0 Å². The van der Waals surface area contributed by atoms with Crippen LogP contribution in [0, 0.1) is 0 Å². The molecule has 0 aromatic carbocycles. The minimum Gasteiger partial charge on any atom is -0.358 e. The fourth-order valence-electron chi connectivity index (χ4n) is 0.160. The molecule has 0 radical (unpaired) electrons. The second kappa shape index (κ2) is 0.949. The number of hydrogen-bond acceptors (Lipinski definition) is 1. The standard InChI is InChI=1S/C3H5BrO/c1-2-3(4)5-2/h2-3H,1H3/t2?,3-/m1/s1. The van der Waals surface area contributed by atoms with Gasteiger partial charge < -0.3 is 4.74 Å². The fraction of sp³-hybridized carbons (Fsp3) is 1.00. The summed E-state index contributed by atoms with van der Waals surface area (Å²) in [4.78, 5) is 0. The molecule has 1 saturated heterocycles. The predicted octanol–water partition coefficient (Wildman–Crippen LogP) is 1.13. The molecule has 0 aliphatic carbocycles. The molecule has 1 fully saturated rings. The summed E-state index contributed by atoms with van der Waals surface area (Å²) in [5.74, 6) is 0. The first-order chi connectivity index (χ1) is 2.30. The van der Waals surface area contributed by atoms with Crippen LogP contribution in [-0.4, -0.2) is 11.1 Å². The van der Waals surface area contributed by atoms with Crippen molar-refractivity contribution >= 4 is 15.9 Å². The molecule has 1 rings (SSSR count). The number of epoxide rings is 1. The Hall–Kier alpha value is 0.440. The van der Waals surface area contributed by atoms with Crippen LogP contribution < -0.4 is 0 Å². The predicted molar refractivity (Wildman–Crippen MR) is 23.3 cm³/mol. The lowest BCUT2D eigenvalue weighted by atomic mass is 10.6. The first-order valence-corrected chi connectivity index (χ1v) is 2.52. The molecule has 1 nitrogen and oxygen atoms in total. The van der Waals surface area contributed by atoms with Crippen molar-refractivity contribution in [3.05, 3.63) is 0 Å². The molecular weight excluding hydrogens is 132 g/mol. The third kappa shape index (κ3) is 0.637. The molecule has 2 heteroatoms. The van der Waals surface area contributed by atoms with Crippen LogP contribution >= 0.6 is 15.9 Å². The Balaban J connectivity index is 2.20. The van der Waals surface area contributed by atoms with Gasteiger partial charge in [0.1, 0.15) is 5.01 Å². The van der Waals surface area contributed by atoms with Crippen LogP contribution in [0.15, 0.2) is 0 Å². The highest BCUT2D eigenvalue weighted by Gasteiger charge is 2.30. The Morgan fingerprint density at radius 1 is 1.80 bits per heavy atom. The lowest BCUT2D eigenvalue weighted by molar-refractivity contribution is 0.415. The summed E-state index contributed by atoms with van der Waals surface area (Å²) < 4.78 is 4.83. The van der Waals surface area contributed by atoms with Crippen molar-refractivity contribution in [2.45, 2.75) is 18.0 Å². The van der Waals surface area contributed by atoms with Crippen LogP contribution in [-0.2, 0) is 4.74 Å². The molecule has 0 amide bonds. The Labute approximate surface area is 39.4 Å². The molecule has 1 aliphatic rings. The van der Waals surface area contributed by atoms with Gasteiger partial charge in [0.2, 0.25) is 0 Å². The van der Waals surface area contributed by atoms with Crippen molar-refractivity contribution in [1.82, 2.24) is 0 Å². The Morgan fingerprint density at radius 2 is 2.00 bits per heavy atom. The summed E-state index contributed by atoms with van der Waals surface area (Å²) in [5, 5.41) is 0.363. The van der Waals surface area contributed by atoms with Gasteiger partial charge in [-0.2, -0.15) is 0 Å². The molecule has 0 spiro atoms. The van der Waals surface area contributed by atoms with E-state index in [1.54, 1.807) is 0 Å². The maximum Gasteiger partial charge on any atom is 0.138 e. The van der Waals surface area contributed by atoms with E-state index in [1.807, 2.05) is 6.92 Å². The van der Waals surface area contributed by atoms with E-state index in [9.17, 15) is 0 Å². The quantitative estimate of drug-likeness (QED) is 0.360. The average Bonchev–Trinajstić information content (AvgIpc) is 1.79. The van der Waals surface area contributed by atoms with Crippen LogP contribution in [0.3, 0.4) is 0 Å². The van der Waals surface area contributed by atoms with Crippen molar-refractivity contribution in [3.8, 4) is 0 Å². The van der Waals surface area contributed by atoms with E-state index in [0.29, 0.717) is 11.1 Å². The van der Waals surface area contributed by atoms with Gasteiger partial charge >= 0.3 is 0 Å². The molecular formula is C3H5BrO. The van der Waals surface area contributed by atoms with E-state index in [2.05, 4.69) is 15.9 Å². The van der Waals surface area contributed by atoms with Gasteiger partial charge in [0.05, 0.1) is 6.10 Å². The van der Waals surface area contributed by atoms with Crippen molar-refractivity contribution in [3.63, 3.8) is 0 Å². The fourth-order valence-corrected chi connectivity index (χ4v) is 0.500. The zero-order valence-corrected chi connectivity index (χ0v) is 4.53. The summed E-state index contributed by atoms with van der Waals surface area (Å²) in [7, 11) is 0. The van der Waals surface area contributed by atoms with Crippen LogP contribution in [0.25, 0.3) is 0 Å². The van der Waals surface area contributed by atoms with Crippen molar-refractivity contribution < 1.29 is 4.74 Å². The average molecular weight is 137 g/mol. The van der Waals surface area contributed by atoms with E-state index in [-0.39, 0.29) is 0 Å². The summed E-state index contributed by atoms with van der Waals surface area (Å²) in [6, 6.07) is 0. The Kier molecular flexibility index (Phi) is 0.688. The Bertz CT molecular complexity index is 40.2. The molecule has 2 atom stereocenters. The highest BCUT2D eigenvalue weighted by molar-refractivity contribution is 9.09. The molecule has 1 unspecified atom stereocenters. The maximum atomic E-state index is 4.83. The second-order valence-electron chi connectivity index (χ2n) is 1.19. The lowest BCUT2D eigenvalue weighted by Crippen LogP contribution is -1.68. The zero-order valence-electron chi connectivity index (χ0n) is 2.94. The first kappa shape index (κ1) is 3.62. The number of alkyl halides is 1. The minimum atomic E-state index is 0.363. The van der Waals surface area contributed by atoms with Crippen molar-refractivity contribution in [2.75, 3.05) is 0 Å². The van der Waals surface area contributed by atoms with Crippen molar-refractivity contribution in [1.29, 1.82) is 0 Å². The van der Waals surface area contributed by atoms with Crippen LogP contribution in [0.5, 0.6) is 0 Å². The monoisotopic (exact) mass is 136 g/mol. The number of hydrogen-bond donors (Lipinski definition) is 0. The van der Waals surface area contributed by atoms with Gasteiger partial charge in [-0.25, -0.2) is 0 Å². The van der Waals surface area contributed by atoms with E-state index in [4.69, 9.17) is 4.74 Å². The molecule has 30 valence electrons. The molecule has 0 aromatic rings. The van der Waals surface area contributed by atoms with Gasteiger partial charge in [-0.3, -0.25) is 0 Å².